The highest BCUT2D eigenvalue weighted by Crippen LogP contribution is 2.18. The molecule has 0 fully saturated rings. The van der Waals surface area contributed by atoms with Crippen molar-refractivity contribution in [3.8, 4) is 0 Å². The fourth-order valence-corrected chi connectivity index (χ4v) is 2.81. The summed E-state index contributed by atoms with van der Waals surface area (Å²) < 4.78 is 0. The van der Waals surface area contributed by atoms with Gasteiger partial charge in [0.1, 0.15) is 0 Å². The molecular formula is C19H20ClNO3. The molecule has 2 aromatic carbocycles. The van der Waals surface area contributed by atoms with Gasteiger partial charge in [-0.2, -0.15) is 0 Å². The molecule has 4 nitrogen and oxygen atoms in total. The zero-order chi connectivity index (χ0) is 17.7. The van der Waals surface area contributed by atoms with Crippen LogP contribution in [0, 0.1) is 19.8 Å². The van der Waals surface area contributed by atoms with Crippen LogP contribution in [0.15, 0.2) is 42.5 Å². The van der Waals surface area contributed by atoms with Crippen LogP contribution in [0.4, 0.5) is 5.69 Å². The molecule has 0 bridgehead atoms. The average Bonchev–Trinajstić information content (AvgIpc) is 2.48. The van der Waals surface area contributed by atoms with E-state index in [1.807, 2.05) is 32.0 Å². The molecule has 0 spiro atoms. The molecule has 0 aliphatic carbocycles. The van der Waals surface area contributed by atoms with Crippen LogP contribution in [0.5, 0.6) is 0 Å². The number of carboxylic acid groups (broad SMARTS) is 1. The van der Waals surface area contributed by atoms with Crippen LogP contribution in [-0.2, 0) is 16.0 Å². The number of aryl methyl sites for hydroxylation is 2. The molecule has 2 N–H and O–H groups in total. The second-order valence-electron chi connectivity index (χ2n) is 5.99. The highest BCUT2D eigenvalue weighted by molar-refractivity contribution is 6.30. The summed E-state index contributed by atoms with van der Waals surface area (Å²) in [6, 6.07) is 12.6. The molecule has 126 valence electrons. The molecule has 0 heterocycles. The number of rotatable bonds is 6. The molecule has 0 aliphatic rings. The Bertz CT molecular complexity index is 721. The second-order valence-corrected chi connectivity index (χ2v) is 6.43. The fraction of sp³-hybridized carbons (Fsp3) is 0.263. The molecule has 0 radical (unpaired) electrons. The van der Waals surface area contributed by atoms with E-state index in [0.717, 1.165) is 16.7 Å². The van der Waals surface area contributed by atoms with E-state index in [9.17, 15) is 14.7 Å². The number of amides is 1. The van der Waals surface area contributed by atoms with Gasteiger partial charge >= 0.3 is 5.97 Å². The van der Waals surface area contributed by atoms with Gasteiger partial charge in [-0.15, -0.1) is 0 Å². The van der Waals surface area contributed by atoms with Crippen LogP contribution in [0.1, 0.15) is 23.1 Å². The van der Waals surface area contributed by atoms with E-state index in [1.54, 1.807) is 24.3 Å². The van der Waals surface area contributed by atoms with Crippen molar-refractivity contribution in [1.82, 2.24) is 0 Å². The maximum Gasteiger partial charge on any atom is 0.307 e. The molecule has 1 atom stereocenters. The van der Waals surface area contributed by atoms with E-state index >= 15 is 0 Å². The van der Waals surface area contributed by atoms with Crippen molar-refractivity contribution in [2.24, 2.45) is 5.92 Å². The van der Waals surface area contributed by atoms with Crippen molar-refractivity contribution in [2.45, 2.75) is 26.7 Å². The van der Waals surface area contributed by atoms with Crippen LogP contribution in [0.2, 0.25) is 5.02 Å². The van der Waals surface area contributed by atoms with Gasteiger partial charge in [0.2, 0.25) is 5.91 Å². The topological polar surface area (TPSA) is 66.4 Å². The fourth-order valence-electron chi connectivity index (χ4n) is 2.69. The highest BCUT2D eigenvalue weighted by atomic mass is 35.5. The van der Waals surface area contributed by atoms with Crippen molar-refractivity contribution in [3.05, 3.63) is 64.2 Å². The largest absolute Gasteiger partial charge is 0.481 e. The lowest BCUT2D eigenvalue weighted by molar-refractivity contribution is -0.143. The van der Waals surface area contributed by atoms with Crippen LogP contribution >= 0.6 is 11.6 Å². The number of carbonyl (C=O) groups excluding carboxylic acids is 1. The lowest BCUT2D eigenvalue weighted by Crippen LogP contribution is -2.24. The summed E-state index contributed by atoms with van der Waals surface area (Å²) in [7, 11) is 0. The van der Waals surface area contributed by atoms with Crippen LogP contribution in [-0.4, -0.2) is 17.0 Å². The number of anilines is 1. The summed E-state index contributed by atoms with van der Waals surface area (Å²) in [6.45, 7) is 3.94. The quantitative estimate of drug-likeness (QED) is 0.823. The van der Waals surface area contributed by atoms with Crippen molar-refractivity contribution >= 4 is 29.2 Å². The lowest BCUT2D eigenvalue weighted by Gasteiger charge is -2.14. The van der Waals surface area contributed by atoms with E-state index < -0.39 is 11.9 Å². The van der Waals surface area contributed by atoms with Crippen molar-refractivity contribution in [3.63, 3.8) is 0 Å². The summed E-state index contributed by atoms with van der Waals surface area (Å²) in [5.41, 5.74) is 3.69. The summed E-state index contributed by atoms with van der Waals surface area (Å²) >= 11 is 5.80. The highest BCUT2D eigenvalue weighted by Gasteiger charge is 2.22. The number of aliphatic carboxylic acids is 1. The monoisotopic (exact) mass is 345 g/mol. The van der Waals surface area contributed by atoms with E-state index in [0.29, 0.717) is 17.1 Å². The van der Waals surface area contributed by atoms with E-state index in [4.69, 9.17) is 11.6 Å². The van der Waals surface area contributed by atoms with Gasteiger partial charge < -0.3 is 10.4 Å². The zero-order valence-corrected chi connectivity index (χ0v) is 14.4. The number of hydrogen-bond donors (Lipinski definition) is 2. The molecule has 1 amide bonds. The number of nitrogens with one attached hydrogen (secondary N) is 1. The maximum absolute atomic E-state index is 12.1. The molecule has 24 heavy (non-hydrogen) atoms. The number of halogens is 1. The summed E-state index contributed by atoms with van der Waals surface area (Å²) in [6.07, 6.45) is 0.247. The molecular weight excluding hydrogens is 326 g/mol. The summed E-state index contributed by atoms with van der Waals surface area (Å²) in [5, 5.41) is 12.7. The van der Waals surface area contributed by atoms with E-state index in [1.165, 1.54) is 0 Å². The summed E-state index contributed by atoms with van der Waals surface area (Å²) in [4.78, 5) is 23.6. The first kappa shape index (κ1) is 18.0. The molecule has 0 saturated carbocycles. The first-order valence-corrected chi connectivity index (χ1v) is 8.06. The molecule has 0 aliphatic heterocycles. The first-order chi connectivity index (χ1) is 11.3. The molecule has 5 heteroatoms. The third-order valence-electron chi connectivity index (χ3n) is 3.67. The Hall–Kier alpha value is -2.33. The van der Waals surface area contributed by atoms with E-state index in [-0.39, 0.29) is 12.3 Å². The van der Waals surface area contributed by atoms with Gasteiger partial charge in [0.15, 0.2) is 0 Å². The Balaban J connectivity index is 2.03. The van der Waals surface area contributed by atoms with Gasteiger partial charge in [-0.1, -0.05) is 40.9 Å². The van der Waals surface area contributed by atoms with Crippen molar-refractivity contribution < 1.29 is 14.7 Å². The van der Waals surface area contributed by atoms with Gasteiger partial charge in [-0.05, 0) is 50.1 Å². The van der Waals surface area contributed by atoms with Crippen molar-refractivity contribution in [1.29, 1.82) is 0 Å². The third-order valence-corrected chi connectivity index (χ3v) is 3.92. The van der Waals surface area contributed by atoms with E-state index in [2.05, 4.69) is 5.32 Å². The Morgan fingerprint density at radius 2 is 1.67 bits per heavy atom. The SMILES string of the molecule is Cc1cc(C)cc(C[C@@H](CC(=O)Nc2ccc(Cl)cc2)C(=O)O)c1. The predicted octanol–water partition coefficient (Wildman–Crippen LogP) is 4.23. The Labute approximate surface area is 146 Å². The smallest absolute Gasteiger partial charge is 0.307 e. The normalized spacial score (nSPS) is 11.8. The first-order valence-electron chi connectivity index (χ1n) is 7.69. The van der Waals surface area contributed by atoms with Gasteiger partial charge in [-0.3, -0.25) is 9.59 Å². The average molecular weight is 346 g/mol. The minimum Gasteiger partial charge on any atom is -0.481 e. The molecule has 0 aromatic heterocycles. The Morgan fingerprint density at radius 3 is 2.21 bits per heavy atom. The lowest BCUT2D eigenvalue weighted by atomic mass is 9.94. The number of carboxylic acids is 1. The van der Waals surface area contributed by atoms with Gasteiger partial charge in [0.25, 0.3) is 0 Å². The van der Waals surface area contributed by atoms with Crippen molar-refractivity contribution in [2.75, 3.05) is 5.32 Å². The number of carbonyl (C=O) groups is 2. The molecule has 2 rings (SSSR count). The maximum atomic E-state index is 12.1. The Morgan fingerprint density at radius 1 is 1.08 bits per heavy atom. The van der Waals surface area contributed by atoms with Crippen LogP contribution < -0.4 is 5.32 Å². The van der Waals surface area contributed by atoms with Gasteiger partial charge in [0.05, 0.1) is 5.92 Å². The minimum absolute atomic E-state index is 0.0784. The van der Waals surface area contributed by atoms with Gasteiger partial charge in [0, 0.05) is 17.1 Å². The number of hydrogen-bond acceptors (Lipinski definition) is 2. The Kier molecular flexibility index (Phi) is 5.99. The standard InChI is InChI=1S/C19H20ClNO3/c1-12-7-13(2)9-14(8-12)10-15(19(23)24)11-18(22)21-17-5-3-16(20)4-6-17/h3-9,15H,10-11H2,1-2H3,(H,21,22)(H,23,24)/t15-/m0/s1. The predicted molar refractivity (Wildman–Crippen MR) is 95.4 cm³/mol. The number of benzene rings is 2. The molecule has 2 aromatic rings. The van der Waals surface area contributed by atoms with Crippen LogP contribution in [0.3, 0.4) is 0 Å². The minimum atomic E-state index is -0.972. The molecule has 0 unspecified atom stereocenters. The second kappa shape index (κ2) is 7.97. The third kappa shape index (κ3) is 5.39. The zero-order valence-electron chi connectivity index (χ0n) is 13.7. The van der Waals surface area contributed by atoms with Crippen LogP contribution in [0.25, 0.3) is 0 Å². The summed E-state index contributed by atoms with van der Waals surface area (Å²) in [5.74, 6) is -2.06. The molecule has 0 saturated heterocycles. The van der Waals surface area contributed by atoms with Gasteiger partial charge in [-0.25, -0.2) is 0 Å².